The number of rotatable bonds is 9. The fraction of sp³-hybridized carbons (Fsp3) is 0.450. The minimum Gasteiger partial charge on any atom is -0.357 e. The van der Waals surface area contributed by atoms with Crippen molar-refractivity contribution in [2.24, 2.45) is 4.99 Å². The van der Waals surface area contributed by atoms with Gasteiger partial charge in [-0.15, -0.1) is 0 Å². The van der Waals surface area contributed by atoms with Gasteiger partial charge in [0.15, 0.2) is 5.96 Å². The number of hydrogen-bond donors (Lipinski definition) is 2. The summed E-state index contributed by atoms with van der Waals surface area (Å²) in [6.45, 7) is 9.28. The summed E-state index contributed by atoms with van der Waals surface area (Å²) in [5.74, 6) is 0.851. The van der Waals surface area contributed by atoms with Gasteiger partial charge in [-0.3, -0.25) is 4.79 Å². The highest BCUT2D eigenvalue weighted by Crippen LogP contribution is 2.07. The maximum atomic E-state index is 12.1. The van der Waals surface area contributed by atoms with E-state index in [2.05, 4.69) is 20.7 Å². The summed E-state index contributed by atoms with van der Waals surface area (Å²) in [6.07, 6.45) is 2.39. The van der Waals surface area contributed by atoms with Crippen molar-refractivity contribution < 1.29 is 4.79 Å². The van der Waals surface area contributed by atoms with Crippen LogP contribution in [0.4, 0.5) is 0 Å². The molecule has 0 unspecified atom stereocenters. The maximum absolute atomic E-state index is 12.1. The molecule has 7 heteroatoms. The van der Waals surface area contributed by atoms with E-state index >= 15 is 0 Å². The normalized spacial score (nSPS) is 11.3. The Kier molecular flexibility index (Phi) is 8.35. The largest absolute Gasteiger partial charge is 0.357 e. The Hall–Kier alpha value is -2.83. The predicted molar refractivity (Wildman–Crippen MR) is 109 cm³/mol. The number of para-hydroxylation sites is 1. The fourth-order valence-electron chi connectivity index (χ4n) is 2.69. The second kappa shape index (κ2) is 11.0. The van der Waals surface area contributed by atoms with Gasteiger partial charge >= 0.3 is 0 Å². The van der Waals surface area contributed by atoms with Gasteiger partial charge in [0.2, 0.25) is 5.91 Å². The second-order valence-corrected chi connectivity index (χ2v) is 6.03. The van der Waals surface area contributed by atoms with E-state index < -0.39 is 0 Å². The third kappa shape index (κ3) is 6.44. The highest BCUT2D eigenvalue weighted by atomic mass is 16.2. The molecule has 0 bridgehead atoms. The topological polar surface area (TPSA) is 74.5 Å². The third-order valence-electron chi connectivity index (χ3n) is 4.16. The molecule has 0 saturated carbocycles. The van der Waals surface area contributed by atoms with Crippen LogP contribution < -0.4 is 10.6 Å². The smallest absolute Gasteiger partial charge is 0.224 e. The quantitative estimate of drug-likeness (QED) is 0.524. The minimum absolute atomic E-state index is 0.157. The molecular formula is C20H30N6O. The number of aliphatic imine (C=N–C) groups is 1. The van der Waals surface area contributed by atoms with Crippen molar-refractivity contribution in [3.63, 3.8) is 0 Å². The molecule has 0 fully saturated rings. The number of nitrogens with one attached hydrogen (secondary N) is 2. The zero-order chi connectivity index (χ0) is 19.5. The second-order valence-electron chi connectivity index (χ2n) is 6.03. The first-order valence-electron chi connectivity index (χ1n) is 9.57. The zero-order valence-corrected chi connectivity index (χ0v) is 16.5. The van der Waals surface area contributed by atoms with Gasteiger partial charge in [0, 0.05) is 38.8 Å². The first-order valence-corrected chi connectivity index (χ1v) is 9.57. The zero-order valence-electron chi connectivity index (χ0n) is 16.5. The molecule has 0 aliphatic heterocycles. The van der Waals surface area contributed by atoms with Gasteiger partial charge in [0.05, 0.1) is 17.9 Å². The van der Waals surface area contributed by atoms with Gasteiger partial charge in [0.1, 0.15) is 0 Å². The Bertz CT molecular complexity index is 721. The number of amides is 1. The average Bonchev–Trinajstić information content (AvgIpc) is 3.17. The van der Waals surface area contributed by atoms with Gasteiger partial charge in [-0.25, -0.2) is 9.67 Å². The first kappa shape index (κ1) is 20.5. The summed E-state index contributed by atoms with van der Waals surface area (Å²) >= 11 is 0. The van der Waals surface area contributed by atoms with Crippen molar-refractivity contribution in [3.8, 4) is 5.69 Å². The van der Waals surface area contributed by atoms with Crippen molar-refractivity contribution in [3.05, 3.63) is 48.3 Å². The van der Waals surface area contributed by atoms with Crippen LogP contribution >= 0.6 is 0 Å². The van der Waals surface area contributed by atoms with Crippen LogP contribution in [0.3, 0.4) is 0 Å². The Balaban J connectivity index is 1.90. The van der Waals surface area contributed by atoms with E-state index in [0.717, 1.165) is 31.0 Å². The van der Waals surface area contributed by atoms with Gasteiger partial charge in [0.25, 0.3) is 0 Å². The Morgan fingerprint density at radius 1 is 1.11 bits per heavy atom. The van der Waals surface area contributed by atoms with Crippen molar-refractivity contribution in [2.45, 2.75) is 33.7 Å². The number of guanidine groups is 1. The lowest BCUT2D eigenvalue weighted by molar-refractivity contribution is -0.130. The lowest BCUT2D eigenvalue weighted by Gasteiger charge is -2.19. The van der Waals surface area contributed by atoms with E-state index in [1.165, 1.54) is 0 Å². The van der Waals surface area contributed by atoms with E-state index in [1.54, 1.807) is 0 Å². The summed E-state index contributed by atoms with van der Waals surface area (Å²) < 4.78 is 1.84. The average molecular weight is 371 g/mol. The van der Waals surface area contributed by atoms with Crippen LogP contribution in [0.1, 0.15) is 32.9 Å². The SMILES string of the molecule is CCNC(=NCc1ccn(-c2ccccc2)n1)NCCC(=O)N(CC)CC. The van der Waals surface area contributed by atoms with Gasteiger partial charge < -0.3 is 15.5 Å². The van der Waals surface area contributed by atoms with Gasteiger partial charge in [-0.2, -0.15) is 5.10 Å². The van der Waals surface area contributed by atoms with E-state index in [0.29, 0.717) is 25.5 Å². The van der Waals surface area contributed by atoms with Crippen molar-refractivity contribution >= 4 is 11.9 Å². The molecule has 0 spiro atoms. The molecule has 146 valence electrons. The van der Waals surface area contributed by atoms with Crippen LogP contribution in [-0.2, 0) is 11.3 Å². The molecule has 2 N–H and O–H groups in total. The fourth-order valence-corrected chi connectivity index (χ4v) is 2.69. The molecular weight excluding hydrogens is 340 g/mol. The number of benzene rings is 1. The molecule has 1 aromatic carbocycles. The molecule has 1 aromatic heterocycles. The summed E-state index contributed by atoms with van der Waals surface area (Å²) in [5, 5.41) is 11.0. The summed E-state index contributed by atoms with van der Waals surface area (Å²) in [5.41, 5.74) is 1.91. The molecule has 0 aliphatic rings. The molecule has 27 heavy (non-hydrogen) atoms. The van der Waals surface area contributed by atoms with Crippen LogP contribution in [0.2, 0.25) is 0 Å². The molecule has 1 heterocycles. The van der Waals surface area contributed by atoms with Crippen molar-refractivity contribution in [1.82, 2.24) is 25.3 Å². The molecule has 2 rings (SSSR count). The number of aromatic nitrogens is 2. The standard InChI is InChI=1S/C20H30N6O/c1-4-21-20(22-14-12-19(27)25(5-2)6-3)23-16-17-13-15-26(24-17)18-10-8-7-9-11-18/h7-11,13,15H,4-6,12,14,16H2,1-3H3,(H2,21,22,23). The van der Waals surface area contributed by atoms with Gasteiger partial charge in [-0.05, 0) is 39.0 Å². The molecule has 0 aliphatic carbocycles. The molecule has 1 amide bonds. The first-order chi connectivity index (χ1) is 13.2. The highest BCUT2D eigenvalue weighted by molar-refractivity contribution is 5.81. The number of nitrogens with zero attached hydrogens (tertiary/aromatic N) is 4. The summed E-state index contributed by atoms with van der Waals surface area (Å²) in [6, 6.07) is 11.9. The van der Waals surface area contributed by atoms with Crippen LogP contribution in [0.5, 0.6) is 0 Å². The van der Waals surface area contributed by atoms with E-state index in [4.69, 9.17) is 0 Å². The molecule has 0 radical (unpaired) electrons. The van der Waals surface area contributed by atoms with E-state index in [-0.39, 0.29) is 5.91 Å². The van der Waals surface area contributed by atoms with Crippen molar-refractivity contribution in [2.75, 3.05) is 26.2 Å². The van der Waals surface area contributed by atoms with Crippen LogP contribution in [0, 0.1) is 0 Å². The monoisotopic (exact) mass is 370 g/mol. The van der Waals surface area contributed by atoms with E-state index in [1.807, 2.05) is 72.9 Å². The summed E-state index contributed by atoms with van der Waals surface area (Å²) in [7, 11) is 0. The number of carbonyl (C=O) groups is 1. The van der Waals surface area contributed by atoms with Crippen LogP contribution in [0.15, 0.2) is 47.6 Å². The lowest BCUT2D eigenvalue weighted by atomic mass is 10.3. The molecule has 7 nitrogen and oxygen atoms in total. The number of carbonyl (C=O) groups excluding carboxylic acids is 1. The van der Waals surface area contributed by atoms with Crippen LogP contribution in [0.25, 0.3) is 5.69 Å². The Morgan fingerprint density at radius 3 is 2.52 bits per heavy atom. The highest BCUT2D eigenvalue weighted by Gasteiger charge is 2.09. The lowest BCUT2D eigenvalue weighted by Crippen LogP contribution is -2.40. The third-order valence-corrected chi connectivity index (χ3v) is 4.16. The maximum Gasteiger partial charge on any atom is 0.224 e. The van der Waals surface area contributed by atoms with Crippen molar-refractivity contribution in [1.29, 1.82) is 0 Å². The van der Waals surface area contributed by atoms with E-state index in [9.17, 15) is 4.79 Å². The molecule has 0 atom stereocenters. The molecule has 0 saturated heterocycles. The van der Waals surface area contributed by atoms with Crippen LogP contribution in [-0.4, -0.2) is 52.7 Å². The predicted octanol–water partition coefficient (Wildman–Crippen LogP) is 2.19. The Morgan fingerprint density at radius 2 is 1.85 bits per heavy atom. The minimum atomic E-state index is 0.157. The molecule has 2 aromatic rings. The Labute approximate surface area is 161 Å². The van der Waals surface area contributed by atoms with Gasteiger partial charge in [-0.1, -0.05) is 18.2 Å². The summed E-state index contributed by atoms with van der Waals surface area (Å²) in [4.78, 5) is 18.5. The number of hydrogen-bond acceptors (Lipinski definition) is 3.